The molecule has 12 heavy (non-hydrogen) atoms. The van der Waals surface area contributed by atoms with E-state index in [1.807, 2.05) is 0 Å². The number of rotatable bonds is 3. The number of carbonyl (C=O) groups is 1. The van der Waals surface area contributed by atoms with E-state index < -0.39 is 5.97 Å². The molecule has 0 spiro atoms. The molecule has 1 aliphatic heterocycles. The topological polar surface area (TPSA) is 68.1 Å². The van der Waals surface area contributed by atoms with Crippen LogP contribution in [0.2, 0.25) is 0 Å². The van der Waals surface area contributed by atoms with Gasteiger partial charge in [0.05, 0.1) is 6.61 Å². The van der Waals surface area contributed by atoms with Crippen molar-refractivity contribution in [2.45, 2.75) is 25.6 Å². The van der Waals surface area contributed by atoms with Crippen LogP contribution in [0.5, 0.6) is 0 Å². The highest BCUT2D eigenvalue weighted by Crippen LogP contribution is 2.13. The lowest BCUT2D eigenvalue weighted by Gasteiger charge is -2.19. The monoisotopic (exact) mass is 173 g/mol. The Morgan fingerprint density at radius 3 is 3.08 bits per heavy atom. The van der Waals surface area contributed by atoms with Crippen LogP contribution in [0.25, 0.3) is 0 Å². The summed E-state index contributed by atoms with van der Waals surface area (Å²) in [4.78, 5) is 14.7. The van der Waals surface area contributed by atoms with Crippen LogP contribution in [0, 0.1) is 0 Å². The first-order chi connectivity index (χ1) is 5.79. The first kappa shape index (κ1) is 8.99. The van der Waals surface area contributed by atoms with Crippen LogP contribution in [0.15, 0.2) is 5.16 Å². The zero-order valence-electron chi connectivity index (χ0n) is 6.60. The van der Waals surface area contributed by atoms with Crippen molar-refractivity contribution in [2.24, 2.45) is 5.16 Å². The van der Waals surface area contributed by atoms with E-state index in [-0.39, 0.29) is 6.29 Å². The van der Waals surface area contributed by atoms with Crippen LogP contribution < -0.4 is 0 Å². The van der Waals surface area contributed by atoms with Gasteiger partial charge >= 0.3 is 5.97 Å². The average Bonchev–Trinajstić information content (AvgIpc) is 2.05. The largest absolute Gasteiger partial charge is 0.477 e. The highest BCUT2D eigenvalue weighted by Gasteiger charge is 2.13. The molecule has 0 amide bonds. The van der Waals surface area contributed by atoms with Crippen molar-refractivity contribution >= 4 is 12.2 Å². The fourth-order valence-corrected chi connectivity index (χ4v) is 0.938. The summed E-state index contributed by atoms with van der Waals surface area (Å²) in [5.41, 5.74) is 0. The van der Waals surface area contributed by atoms with E-state index in [9.17, 15) is 4.79 Å². The van der Waals surface area contributed by atoms with Crippen LogP contribution in [0.3, 0.4) is 0 Å². The molecule has 0 aromatic carbocycles. The average molecular weight is 173 g/mol. The predicted molar refractivity (Wildman–Crippen MR) is 40.8 cm³/mol. The summed E-state index contributed by atoms with van der Waals surface area (Å²) >= 11 is 0. The van der Waals surface area contributed by atoms with E-state index in [0.29, 0.717) is 12.8 Å². The Morgan fingerprint density at radius 2 is 2.50 bits per heavy atom. The van der Waals surface area contributed by atoms with Crippen LogP contribution >= 0.6 is 0 Å². The minimum absolute atomic E-state index is 0.366. The molecule has 0 radical (unpaired) electrons. The SMILES string of the molecule is O=C(O)C=NOC1CCCCO1. The Balaban J connectivity index is 2.17. The summed E-state index contributed by atoms with van der Waals surface area (Å²) in [5, 5.41) is 11.4. The summed E-state index contributed by atoms with van der Waals surface area (Å²) in [6.07, 6.45) is 3.18. The zero-order chi connectivity index (χ0) is 8.81. The molecule has 1 fully saturated rings. The molecule has 1 rings (SSSR count). The Hall–Kier alpha value is -1.10. The van der Waals surface area contributed by atoms with E-state index in [0.717, 1.165) is 19.3 Å². The quantitative estimate of drug-likeness (QED) is 0.501. The fraction of sp³-hybridized carbons (Fsp3) is 0.714. The van der Waals surface area contributed by atoms with Crippen molar-refractivity contribution in [3.8, 4) is 0 Å². The smallest absolute Gasteiger partial charge is 0.350 e. The van der Waals surface area contributed by atoms with Gasteiger partial charge in [-0.25, -0.2) is 4.79 Å². The summed E-state index contributed by atoms with van der Waals surface area (Å²) in [5.74, 6) is -1.12. The standard InChI is InChI=1S/C7H11NO4/c9-6(10)5-8-12-7-3-1-2-4-11-7/h5,7H,1-4H2,(H,9,10). The highest BCUT2D eigenvalue weighted by atomic mass is 16.8. The first-order valence-electron chi connectivity index (χ1n) is 3.83. The summed E-state index contributed by atoms with van der Waals surface area (Å²) in [6, 6.07) is 0. The lowest BCUT2D eigenvalue weighted by atomic mass is 10.2. The number of nitrogens with zero attached hydrogens (tertiary/aromatic N) is 1. The normalized spacial score (nSPS) is 24.2. The van der Waals surface area contributed by atoms with Gasteiger partial charge in [0.1, 0.15) is 0 Å². The van der Waals surface area contributed by atoms with Crippen LogP contribution in [0.4, 0.5) is 0 Å². The van der Waals surface area contributed by atoms with Crippen molar-refractivity contribution in [3.63, 3.8) is 0 Å². The van der Waals surface area contributed by atoms with Gasteiger partial charge in [-0.1, -0.05) is 5.16 Å². The maximum absolute atomic E-state index is 9.97. The fourth-order valence-electron chi connectivity index (χ4n) is 0.938. The van der Waals surface area contributed by atoms with Gasteiger partial charge in [-0.15, -0.1) is 0 Å². The van der Waals surface area contributed by atoms with Crippen molar-refractivity contribution in [3.05, 3.63) is 0 Å². The number of carboxylic acids is 1. The molecule has 0 aliphatic carbocycles. The summed E-state index contributed by atoms with van der Waals surface area (Å²) < 4.78 is 5.13. The third kappa shape index (κ3) is 3.34. The second kappa shape index (κ2) is 4.71. The molecule has 5 heteroatoms. The molecule has 0 saturated carbocycles. The van der Waals surface area contributed by atoms with Crippen molar-refractivity contribution in [2.75, 3.05) is 6.61 Å². The van der Waals surface area contributed by atoms with Crippen molar-refractivity contribution < 1.29 is 19.5 Å². The van der Waals surface area contributed by atoms with E-state index in [4.69, 9.17) is 14.7 Å². The molecule has 68 valence electrons. The highest BCUT2D eigenvalue weighted by molar-refractivity contribution is 6.21. The van der Waals surface area contributed by atoms with E-state index >= 15 is 0 Å². The van der Waals surface area contributed by atoms with Gasteiger partial charge in [-0.05, 0) is 12.8 Å². The second-order valence-corrected chi connectivity index (χ2v) is 2.47. The number of carboxylic acid groups (broad SMARTS) is 1. The molecule has 1 heterocycles. The molecular formula is C7H11NO4. The van der Waals surface area contributed by atoms with Gasteiger partial charge in [0.2, 0.25) is 6.29 Å². The van der Waals surface area contributed by atoms with E-state index in [1.54, 1.807) is 0 Å². The number of hydrogen-bond acceptors (Lipinski definition) is 4. The molecule has 5 nitrogen and oxygen atoms in total. The molecule has 1 aliphatic rings. The van der Waals surface area contributed by atoms with Crippen LogP contribution in [0.1, 0.15) is 19.3 Å². The van der Waals surface area contributed by atoms with Gasteiger partial charge in [-0.3, -0.25) is 0 Å². The maximum Gasteiger partial charge on any atom is 0.350 e. The molecule has 1 atom stereocenters. The van der Waals surface area contributed by atoms with Crippen LogP contribution in [-0.2, 0) is 14.4 Å². The number of hydrogen-bond donors (Lipinski definition) is 1. The Morgan fingerprint density at radius 1 is 1.67 bits per heavy atom. The number of oxime groups is 1. The Bertz CT molecular complexity index is 174. The third-order valence-electron chi connectivity index (χ3n) is 1.48. The Labute approximate surface area is 70.0 Å². The molecule has 1 N–H and O–H groups in total. The minimum Gasteiger partial charge on any atom is -0.477 e. The molecule has 0 aromatic rings. The third-order valence-corrected chi connectivity index (χ3v) is 1.48. The Kier molecular flexibility index (Phi) is 3.53. The zero-order valence-corrected chi connectivity index (χ0v) is 6.60. The maximum atomic E-state index is 9.97. The van der Waals surface area contributed by atoms with E-state index in [2.05, 4.69) is 5.16 Å². The summed E-state index contributed by atoms with van der Waals surface area (Å²) in [6.45, 7) is 0.660. The van der Waals surface area contributed by atoms with Gasteiger partial charge in [-0.2, -0.15) is 0 Å². The van der Waals surface area contributed by atoms with Gasteiger partial charge in [0.25, 0.3) is 0 Å². The molecule has 0 bridgehead atoms. The minimum atomic E-state index is -1.12. The van der Waals surface area contributed by atoms with Crippen molar-refractivity contribution in [1.29, 1.82) is 0 Å². The second-order valence-electron chi connectivity index (χ2n) is 2.47. The molecule has 0 aromatic heterocycles. The lowest BCUT2D eigenvalue weighted by Crippen LogP contribution is -2.20. The molecule has 1 saturated heterocycles. The molecule has 1 unspecified atom stereocenters. The predicted octanol–water partition coefficient (Wildman–Crippen LogP) is 0.600. The summed E-state index contributed by atoms with van der Waals surface area (Å²) in [7, 11) is 0. The van der Waals surface area contributed by atoms with E-state index in [1.165, 1.54) is 0 Å². The first-order valence-corrected chi connectivity index (χ1v) is 3.83. The van der Waals surface area contributed by atoms with Crippen molar-refractivity contribution in [1.82, 2.24) is 0 Å². The number of aliphatic carboxylic acids is 1. The van der Waals surface area contributed by atoms with Crippen LogP contribution in [-0.4, -0.2) is 30.2 Å². The number of ether oxygens (including phenoxy) is 1. The van der Waals surface area contributed by atoms with Gasteiger partial charge in [0, 0.05) is 6.42 Å². The van der Waals surface area contributed by atoms with Gasteiger partial charge < -0.3 is 14.7 Å². The van der Waals surface area contributed by atoms with Gasteiger partial charge in [0.15, 0.2) is 6.21 Å². The lowest BCUT2D eigenvalue weighted by molar-refractivity contribution is -0.162. The molecular weight excluding hydrogens is 162 g/mol.